The SMILES string of the molecule is CCOc1cc(Br)c(/C=C2/SC(=O)N(CCOC)C2=O)cc1OC. The van der Waals surface area contributed by atoms with Crippen LogP contribution in [0.15, 0.2) is 21.5 Å². The Morgan fingerprint density at radius 2 is 2.00 bits per heavy atom. The zero-order chi connectivity index (χ0) is 17.7. The Bertz CT molecular complexity index is 677. The molecule has 0 unspecified atom stereocenters. The van der Waals surface area contributed by atoms with Crippen molar-refractivity contribution in [3.8, 4) is 11.5 Å². The van der Waals surface area contributed by atoms with Crippen LogP contribution in [0.2, 0.25) is 0 Å². The summed E-state index contributed by atoms with van der Waals surface area (Å²) in [4.78, 5) is 25.8. The van der Waals surface area contributed by atoms with Crippen LogP contribution in [0.25, 0.3) is 6.08 Å². The monoisotopic (exact) mass is 415 g/mol. The van der Waals surface area contributed by atoms with Gasteiger partial charge in [0, 0.05) is 11.6 Å². The molecule has 130 valence electrons. The van der Waals surface area contributed by atoms with E-state index < -0.39 is 0 Å². The fraction of sp³-hybridized carbons (Fsp3) is 0.375. The van der Waals surface area contributed by atoms with Gasteiger partial charge in [-0.25, -0.2) is 0 Å². The van der Waals surface area contributed by atoms with Crippen molar-refractivity contribution < 1.29 is 23.8 Å². The summed E-state index contributed by atoms with van der Waals surface area (Å²) in [6.07, 6.45) is 1.67. The molecule has 8 heteroatoms. The molecule has 6 nitrogen and oxygen atoms in total. The van der Waals surface area contributed by atoms with Crippen LogP contribution in [0, 0.1) is 0 Å². The summed E-state index contributed by atoms with van der Waals surface area (Å²) in [5.74, 6) is 0.851. The summed E-state index contributed by atoms with van der Waals surface area (Å²) in [6, 6.07) is 3.54. The molecule has 0 aromatic heterocycles. The Balaban J connectivity index is 2.31. The molecule has 1 aromatic carbocycles. The molecule has 1 saturated heterocycles. The van der Waals surface area contributed by atoms with Crippen LogP contribution in [0.5, 0.6) is 11.5 Å². The second-order valence-electron chi connectivity index (χ2n) is 4.78. The van der Waals surface area contributed by atoms with Crippen molar-refractivity contribution in [1.82, 2.24) is 4.90 Å². The number of thioether (sulfide) groups is 1. The maximum absolute atomic E-state index is 12.4. The highest BCUT2D eigenvalue weighted by Crippen LogP contribution is 2.37. The number of carbonyl (C=O) groups excluding carboxylic acids is 2. The van der Waals surface area contributed by atoms with E-state index in [4.69, 9.17) is 14.2 Å². The van der Waals surface area contributed by atoms with E-state index in [1.54, 1.807) is 25.3 Å². The summed E-state index contributed by atoms with van der Waals surface area (Å²) in [5, 5.41) is -0.294. The van der Waals surface area contributed by atoms with Gasteiger partial charge in [0.05, 0.1) is 31.8 Å². The molecule has 0 N–H and O–H groups in total. The first kappa shape index (κ1) is 18.8. The number of nitrogens with zero attached hydrogens (tertiary/aromatic N) is 1. The van der Waals surface area contributed by atoms with E-state index in [1.807, 2.05) is 6.92 Å². The maximum atomic E-state index is 12.4. The highest BCUT2D eigenvalue weighted by atomic mass is 79.9. The lowest BCUT2D eigenvalue weighted by molar-refractivity contribution is -0.123. The largest absolute Gasteiger partial charge is 0.493 e. The molecule has 0 bridgehead atoms. The summed E-state index contributed by atoms with van der Waals surface area (Å²) in [6.45, 7) is 2.95. The van der Waals surface area contributed by atoms with Gasteiger partial charge in [-0.3, -0.25) is 14.5 Å². The molecule has 0 aliphatic carbocycles. The van der Waals surface area contributed by atoms with Crippen LogP contribution < -0.4 is 9.47 Å². The fourth-order valence-corrected chi connectivity index (χ4v) is 3.40. The zero-order valence-corrected chi connectivity index (χ0v) is 16.0. The van der Waals surface area contributed by atoms with E-state index in [0.29, 0.717) is 29.6 Å². The van der Waals surface area contributed by atoms with Gasteiger partial charge in [-0.2, -0.15) is 0 Å². The number of carbonyl (C=O) groups is 2. The van der Waals surface area contributed by atoms with E-state index in [2.05, 4.69) is 15.9 Å². The van der Waals surface area contributed by atoms with E-state index in [-0.39, 0.29) is 17.7 Å². The smallest absolute Gasteiger partial charge is 0.293 e. The van der Waals surface area contributed by atoms with Crippen molar-refractivity contribution >= 4 is 44.9 Å². The van der Waals surface area contributed by atoms with Crippen LogP contribution >= 0.6 is 27.7 Å². The third kappa shape index (κ3) is 4.12. The second kappa shape index (κ2) is 8.55. The first-order valence-electron chi connectivity index (χ1n) is 7.26. The Morgan fingerprint density at radius 3 is 2.62 bits per heavy atom. The number of halogens is 1. The average Bonchev–Trinajstić information content (AvgIpc) is 2.82. The molecule has 2 amide bonds. The Kier molecular flexibility index (Phi) is 6.70. The number of methoxy groups -OCH3 is 2. The molecule has 1 heterocycles. The molecule has 1 aromatic rings. The predicted octanol–water partition coefficient (Wildman–Crippen LogP) is 3.54. The number of rotatable bonds is 7. The van der Waals surface area contributed by atoms with Gasteiger partial charge in [0.25, 0.3) is 11.1 Å². The van der Waals surface area contributed by atoms with Gasteiger partial charge in [0.2, 0.25) is 0 Å². The van der Waals surface area contributed by atoms with Crippen LogP contribution in [-0.2, 0) is 9.53 Å². The van der Waals surface area contributed by atoms with Crippen molar-refractivity contribution in [2.24, 2.45) is 0 Å². The van der Waals surface area contributed by atoms with Crippen molar-refractivity contribution in [3.05, 3.63) is 27.1 Å². The maximum Gasteiger partial charge on any atom is 0.293 e. The van der Waals surface area contributed by atoms with Crippen LogP contribution in [-0.4, -0.2) is 50.0 Å². The van der Waals surface area contributed by atoms with Crippen LogP contribution in [0.4, 0.5) is 4.79 Å². The van der Waals surface area contributed by atoms with Crippen molar-refractivity contribution in [2.45, 2.75) is 6.92 Å². The lowest BCUT2D eigenvalue weighted by Crippen LogP contribution is -2.31. The number of hydrogen-bond acceptors (Lipinski definition) is 6. The molecule has 1 aliphatic rings. The summed E-state index contributed by atoms with van der Waals surface area (Å²) >= 11 is 4.37. The quantitative estimate of drug-likeness (QED) is 0.634. The zero-order valence-electron chi connectivity index (χ0n) is 13.6. The molecule has 0 saturated carbocycles. The lowest BCUT2D eigenvalue weighted by Gasteiger charge is -2.12. The highest BCUT2D eigenvalue weighted by Gasteiger charge is 2.34. The molecule has 0 radical (unpaired) electrons. The van der Waals surface area contributed by atoms with Gasteiger partial charge in [0.15, 0.2) is 11.5 Å². The molecule has 2 rings (SSSR count). The topological polar surface area (TPSA) is 65.1 Å². The minimum atomic E-state index is -0.318. The molecule has 1 aliphatic heterocycles. The Hall–Kier alpha value is -1.51. The first-order valence-corrected chi connectivity index (χ1v) is 8.87. The van der Waals surface area contributed by atoms with Gasteiger partial charge in [-0.15, -0.1) is 0 Å². The van der Waals surface area contributed by atoms with Gasteiger partial charge in [0.1, 0.15) is 0 Å². The third-order valence-electron chi connectivity index (χ3n) is 3.26. The van der Waals surface area contributed by atoms with Crippen molar-refractivity contribution in [2.75, 3.05) is 34.0 Å². The van der Waals surface area contributed by atoms with Crippen LogP contribution in [0.1, 0.15) is 12.5 Å². The average molecular weight is 416 g/mol. The summed E-state index contributed by atoms with van der Waals surface area (Å²) in [7, 11) is 3.08. The molecule has 1 fully saturated rings. The summed E-state index contributed by atoms with van der Waals surface area (Å²) < 4.78 is 16.5. The number of benzene rings is 1. The van der Waals surface area contributed by atoms with E-state index >= 15 is 0 Å². The normalized spacial score (nSPS) is 16.2. The first-order chi connectivity index (χ1) is 11.5. The van der Waals surface area contributed by atoms with Gasteiger partial charge >= 0.3 is 0 Å². The van der Waals surface area contributed by atoms with E-state index in [0.717, 1.165) is 21.8 Å². The molecule has 0 atom stereocenters. The van der Waals surface area contributed by atoms with Gasteiger partial charge < -0.3 is 14.2 Å². The summed E-state index contributed by atoms with van der Waals surface area (Å²) in [5.41, 5.74) is 0.729. The Labute approximate surface area is 153 Å². The number of amides is 2. The minimum Gasteiger partial charge on any atom is -0.493 e. The lowest BCUT2D eigenvalue weighted by atomic mass is 10.2. The van der Waals surface area contributed by atoms with Crippen molar-refractivity contribution in [3.63, 3.8) is 0 Å². The highest BCUT2D eigenvalue weighted by molar-refractivity contribution is 9.10. The molecule has 24 heavy (non-hydrogen) atoms. The number of ether oxygens (including phenoxy) is 3. The van der Waals surface area contributed by atoms with Crippen LogP contribution in [0.3, 0.4) is 0 Å². The Morgan fingerprint density at radius 1 is 1.25 bits per heavy atom. The minimum absolute atomic E-state index is 0.242. The van der Waals surface area contributed by atoms with Crippen molar-refractivity contribution in [1.29, 1.82) is 0 Å². The second-order valence-corrected chi connectivity index (χ2v) is 6.63. The van der Waals surface area contributed by atoms with E-state index in [9.17, 15) is 9.59 Å². The standard InChI is InChI=1S/C16H18BrNO5S/c1-4-23-13-9-11(17)10(7-12(13)22-3)8-14-15(19)18(5-6-21-2)16(20)24-14/h7-9H,4-6H2,1-3H3/b14-8+. The van der Waals surface area contributed by atoms with Gasteiger partial charge in [-0.05, 0) is 42.5 Å². The number of imide groups is 1. The third-order valence-corrected chi connectivity index (χ3v) is 4.86. The molecule has 0 spiro atoms. The molecular formula is C16H18BrNO5S. The predicted molar refractivity (Wildman–Crippen MR) is 96.4 cm³/mol. The van der Waals surface area contributed by atoms with Gasteiger partial charge in [-0.1, -0.05) is 15.9 Å². The van der Waals surface area contributed by atoms with E-state index in [1.165, 1.54) is 12.0 Å². The fourth-order valence-electron chi connectivity index (χ4n) is 2.11. The number of hydrogen-bond donors (Lipinski definition) is 0. The molecular weight excluding hydrogens is 398 g/mol.